The molecule has 22 heavy (non-hydrogen) atoms. The van der Waals surface area contributed by atoms with Crippen molar-refractivity contribution < 1.29 is 5.11 Å². The molecule has 0 aliphatic heterocycles. The van der Waals surface area contributed by atoms with Gasteiger partial charge in [-0.2, -0.15) is 0 Å². The minimum atomic E-state index is -0.338. The Morgan fingerprint density at radius 3 is 2.41 bits per heavy atom. The van der Waals surface area contributed by atoms with Crippen LogP contribution in [0.15, 0.2) is 41.3 Å². The van der Waals surface area contributed by atoms with Gasteiger partial charge in [-0.15, -0.1) is 0 Å². The highest BCUT2D eigenvalue weighted by Gasteiger charge is 2.09. The molecular formula is C17H21ClN2O2. The number of rotatable bonds is 6. The van der Waals surface area contributed by atoms with Crippen LogP contribution < -0.4 is 5.43 Å². The van der Waals surface area contributed by atoms with Crippen LogP contribution in [0, 0.1) is 0 Å². The molecule has 0 amide bonds. The van der Waals surface area contributed by atoms with Crippen molar-refractivity contribution in [1.82, 2.24) is 9.47 Å². The fraction of sp³-hybridized carbons (Fsp3) is 0.353. The summed E-state index contributed by atoms with van der Waals surface area (Å²) in [4.78, 5) is 14.0. The van der Waals surface area contributed by atoms with Crippen LogP contribution in [-0.2, 0) is 13.1 Å². The Balaban J connectivity index is 2.33. The molecule has 0 aliphatic rings. The largest absolute Gasteiger partial charge is 0.503 e. The van der Waals surface area contributed by atoms with Crippen LogP contribution in [-0.4, -0.2) is 27.7 Å². The minimum absolute atomic E-state index is 0.225. The Hall–Kier alpha value is -1.78. The summed E-state index contributed by atoms with van der Waals surface area (Å²) in [7, 11) is 0. The summed E-state index contributed by atoms with van der Waals surface area (Å²) >= 11 is 5.90. The third kappa shape index (κ3) is 4.12. The lowest BCUT2D eigenvalue weighted by atomic mass is 10.2. The summed E-state index contributed by atoms with van der Waals surface area (Å²) < 4.78 is 1.91. The summed E-state index contributed by atoms with van der Waals surface area (Å²) in [5.41, 5.74) is 1.62. The topological polar surface area (TPSA) is 45.5 Å². The number of aromatic nitrogens is 1. The van der Waals surface area contributed by atoms with Crippen LogP contribution in [0.1, 0.15) is 25.1 Å². The Kier molecular flexibility index (Phi) is 5.63. The highest BCUT2D eigenvalue weighted by Crippen LogP contribution is 2.14. The first-order valence-corrected chi connectivity index (χ1v) is 7.80. The number of aromatic hydroxyl groups is 1. The zero-order valence-corrected chi connectivity index (χ0v) is 13.7. The van der Waals surface area contributed by atoms with Crippen LogP contribution in [0.2, 0.25) is 5.02 Å². The smallest absolute Gasteiger partial charge is 0.223 e. The lowest BCUT2D eigenvalue weighted by Gasteiger charge is -2.21. The quantitative estimate of drug-likeness (QED) is 0.889. The van der Waals surface area contributed by atoms with Crippen LogP contribution >= 0.6 is 11.6 Å². The van der Waals surface area contributed by atoms with Crippen LogP contribution in [0.5, 0.6) is 5.75 Å². The molecule has 1 aromatic heterocycles. The highest BCUT2D eigenvalue weighted by atomic mass is 35.5. The van der Waals surface area contributed by atoms with E-state index in [4.69, 9.17) is 11.6 Å². The Morgan fingerprint density at radius 1 is 1.18 bits per heavy atom. The van der Waals surface area contributed by atoms with E-state index in [9.17, 15) is 9.90 Å². The maximum absolute atomic E-state index is 11.7. The Morgan fingerprint density at radius 2 is 1.82 bits per heavy atom. The molecule has 0 bridgehead atoms. The highest BCUT2D eigenvalue weighted by molar-refractivity contribution is 6.30. The number of nitrogens with zero attached hydrogens (tertiary/aromatic N) is 2. The van der Waals surface area contributed by atoms with Crippen LogP contribution in [0.4, 0.5) is 0 Å². The molecule has 4 nitrogen and oxygen atoms in total. The fourth-order valence-electron chi connectivity index (χ4n) is 2.35. The first-order valence-electron chi connectivity index (χ1n) is 7.42. The van der Waals surface area contributed by atoms with Gasteiger partial charge in [0.2, 0.25) is 5.43 Å². The van der Waals surface area contributed by atoms with E-state index < -0.39 is 0 Å². The molecule has 5 heteroatoms. The van der Waals surface area contributed by atoms with E-state index >= 15 is 0 Å². The van der Waals surface area contributed by atoms with Gasteiger partial charge in [-0.05, 0) is 30.8 Å². The molecule has 0 aliphatic carbocycles. The summed E-state index contributed by atoms with van der Waals surface area (Å²) in [5, 5.41) is 10.4. The molecular weight excluding hydrogens is 300 g/mol. The maximum atomic E-state index is 11.7. The normalized spacial score (nSPS) is 11.1. The molecule has 0 atom stereocenters. The Bertz CT molecular complexity index is 676. The maximum Gasteiger partial charge on any atom is 0.223 e. The molecule has 2 aromatic rings. The van der Waals surface area contributed by atoms with E-state index in [1.807, 2.05) is 28.8 Å². The van der Waals surface area contributed by atoms with Crippen molar-refractivity contribution in [2.24, 2.45) is 0 Å². The Labute approximate surface area is 135 Å². The van der Waals surface area contributed by atoms with Gasteiger partial charge in [0.05, 0.1) is 6.20 Å². The summed E-state index contributed by atoms with van der Waals surface area (Å²) in [6.07, 6.45) is 1.51. The monoisotopic (exact) mass is 320 g/mol. The molecule has 1 aromatic carbocycles. The molecule has 0 fully saturated rings. The predicted octanol–water partition coefficient (Wildman–Crippen LogP) is 3.10. The van der Waals surface area contributed by atoms with Gasteiger partial charge in [-0.25, -0.2) is 0 Å². The fourth-order valence-corrected chi connectivity index (χ4v) is 2.47. The van der Waals surface area contributed by atoms with E-state index in [0.717, 1.165) is 24.3 Å². The summed E-state index contributed by atoms with van der Waals surface area (Å²) in [6.45, 7) is 7.26. The van der Waals surface area contributed by atoms with Gasteiger partial charge in [-0.1, -0.05) is 37.6 Å². The zero-order chi connectivity index (χ0) is 16.1. The third-order valence-electron chi connectivity index (χ3n) is 3.74. The van der Waals surface area contributed by atoms with Crippen molar-refractivity contribution in [2.45, 2.75) is 26.9 Å². The van der Waals surface area contributed by atoms with Gasteiger partial charge >= 0.3 is 0 Å². The van der Waals surface area contributed by atoms with E-state index in [1.165, 1.54) is 12.3 Å². The van der Waals surface area contributed by atoms with Crippen LogP contribution in [0.3, 0.4) is 0 Å². The minimum Gasteiger partial charge on any atom is -0.503 e. The van der Waals surface area contributed by atoms with Crippen molar-refractivity contribution >= 4 is 11.6 Å². The SMILES string of the molecule is CCN(CC)Cc1cc(=O)c(O)cn1Cc1ccc(Cl)cc1. The molecule has 118 valence electrons. The standard InChI is InChI=1S/C17H21ClN2O2/c1-3-19(4-2)11-15-9-16(21)17(22)12-20(15)10-13-5-7-14(18)8-6-13/h5-9,12,22H,3-4,10-11H2,1-2H3. The first kappa shape index (κ1) is 16.6. The molecule has 0 saturated heterocycles. The van der Waals surface area contributed by atoms with Crippen molar-refractivity contribution in [2.75, 3.05) is 13.1 Å². The number of pyridine rings is 1. The lowest BCUT2D eigenvalue weighted by Crippen LogP contribution is -2.26. The number of hydrogen-bond acceptors (Lipinski definition) is 3. The first-order chi connectivity index (χ1) is 10.5. The van der Waals surface area contributed by atoms with Crippen molar-refractivity contribution in [1.29, 1.82) is 0 Å². The average Bonchev–Trinajstić information content (AvgIpc) is 2.51. The van der Waals surface area contributed by atoms with E-state index in [-0.39, 0.29) is 11.2 Å². The molecule has 0 saturated carbocycles. The number of hydrogen-bond donors (Lipinski definition) is 1. The van der Waals surface area contributed by atoms with Gasteiger partial charge in [0.1, 0.15) is 0 Å². The summed E-state index contributed by atoms with van der Waals surface area (Å²) in [5.74, 6) is -0.225. The molecule has 1 N–H and O–H groups in total. The molecule has 0 spiro atoms. The van der Waals surface area contributed by atoms with Gasteiger partial charge in [0.25, 0.3) is 0 Å². The van der Waals surface area contributed by atoms with E-state index in [1.54, 1.807) is 0 Å². The average molecular weight is 321 g/mol. The second-order valence-corrected chi connectivity index (χ2v) is 5.67. The van der Waals surface area contributed by atoms with E-state index in [0.29, 0.717) is 18.1 Å². The van der Waals surface area contributed by atoms with Crippen molar-refractivity contribution in [3.8, 4) is 5.75 Å². The van der Waals surface area contributed by atoms with Crippen LogP contribution in [0.25, 0.3) is 0 Å². The zero-order valence-electron chi connectivity index (χ0n) is 12.9. The van der Waals surface area contributed by atoms with Crippen molar-refractivity contribution in [3.63, 3.8) is 0 Å². The second kappa shape index (κ2) is 7.47. The second-order valence-electron chi connectivity index (χ2n) is 5.23. The lowest BCUT2D eigenvalue weighted by molar-refractivity contribution is 0.286. The molecule has 0 radical (unpaired) electrons. The number of benzene rings is 1. The van der Waals surface area contributed by atoms with Gasteiger partial charge in [0, 0.05) is 29.9 Å². The van der Waals surface area contributed by atoms with Gasteiger partial charge in [-0.3, -0.25) is 9.69 Å². The summed E-state index contributed by atoms with van der Waals surface area (Å²) in [6, 6.07) is 9.08. The predicted molar refractivity (Wildman–Crippen MR) is 89.5 cm³/mol. The number of halogens is 1. The van der Waals surface area contributed by atoms with Gasteiger partial charge in [0.15, 0.2) is 5.75 Å². The molecule has 2 rings (SSSR count). The van der Waals surface area contributed by atoms with E-state index in [2.05, 4.69) is 18.7 Å². The third-order valence-corrected chi connectivity index (χ3v) is 4.00. The van der Waals surface area contributed by atoms with Gasteiger partial charge < -0.3 is 9.67 Å². The molecule has 1 heterocycles. The molecule has 0 unspecified atom stereocenters. The van der Waals surface area contributed by atoms with Crippen molar-refractivity contribution in [3.05, 3.63) is 63.0 Å².